The molecule has 3 fully saturated rings. The standard InChI is InChI=1S/C29H42O4/c1-18-14-21-22(25(18)31-7)16-29(5)24(33-29)15-23-27(2,3)12-13-28(23,4)26(21)32-17-19-8-10-20(30-6)11-9-19/h8-13,18,21-26H,14-17H2,1-7H3/t18-,21+,22+,23+,24-,25+,26+,28-,29+/m1/s1. The van der Waals surface area contributed by atoms with Crippen molar-refractivity contribution in [1.29, 1.82) is 0 Å². The Hall–Kier alpha value is -1.36. The second-order valence-corrected chi connectivity index (χ2v) is 12.3. The second-order valence-electron chi connectivity index (χ2n) is 12.3. The van der Waals surface area contributed by atoms with Crippen LogP contribution in [0, 0.1) is 34.5 Å². The number of hydrogen-bond donors (Lipinski definition) is 0. The first-order chi connectivity index (χ1) is 15.6. The summed E-state index contributed by atoms with van der Waals surface area (Å²) in [4.78, 5) is 0. The molecule has 0 aromatic heterocycles. The summed E-state index contributed by atoms with van der Waals surface area (Å²) < 4.78 is 24.9. The molecule has 182 valence electrons. The van der Waals surface area contributed by atoms with E-state index in [1.807, 2.05) is 19.2 Å². The molecular formula is C29H42O4. The molecule has 1 saturated heterocycles. The van der Waals surface area contributed by atoms with Crippen LogP contribution in [0.25, 0.3) is 0 Å². The average molecular weight is 455 g/mol. The van der Waals surface area contributed by atoms with Crippen LogP contribution in [0.3, 0.4) is 0 Å². The molecule has 0 unspecified atom stereocenters. The predicted octanol–water partition coefficient (Wildman–Crippen LogP) is 6.04. The van der Waals surface area contributed by atoms with Crippen LogP contribution in [0.1, 0.15) is 59.4 Å². The molecule has 4 aliphatic rings. The first-order valence-corrected chi connectivity index (χ1v) is 12.8. The van der Waals surface area contributed by atoms with E-state index in [0.717, 1.165) is 25.0 Å². The molecule has 5 rings (SSSR count). The fraction of sp³-hybridized carbons (Fsp3) is 0.724. The molecule has 1 heterocycles. The van der Waals surface area contributed by atoms with Crippen LogP contribution in [-0.4, -0.2) is 38.1 Å². The van der Waals surface area contributed by atoms with Gasteiger partial charge in [-0.1, -0.05) is 52.0 Å². The highest BCUT2D eigenvalue weighted by Gasteiger charge is 2.64. The molecule has 1 aromatic carbocycles. The van der Waals surface area contributed by atoms with Crippen LogP contribution in [0.5, 0.6) is 5.75 Å². The number of hydrogen-bond acceptors (Lipinski definition) is 4. The lowest BCUT2D eigenvalue weighted by Gasteiger charge is -2.46. The van der Waals surface area contributed by atoms with Gasteiger partial charge in [0, 0.05) is 12.5 Å². The third-order valence-corrected chi connectivity index (χ3v) is 9.69. The van der Waals surface area contributed by atoms with Crippen molar-refractivity contribution in [2.75, 3.05) is 14.2 Å². The Morgan fingerprint density at radius 1 is 0.970 bits per heavy atom. The van der Waals surface area contributed by atoms with Crippen LogP contribution < -0.4 is 4.74 Å². The summed E-state index contributed by atoms with van der Waals surface area (Å²) in [6.07, 6.45) is 9.01. The number of fused-ring (bicyclic) bond motifs is 3. The molecule has 0 radical (unpaired) electrons. The van der Waals surface area contributed by atoms with Gasteiger partial charge in [-0.3, -0.25) is 0 Å². The van der Waals surface area contributed by atoms with E-state index in [4.69, 9.17) is 18.9 Å². The van der Waals surface area contributed by atoms with Crippen LogP contribution >= 0.6 is 0 Å². The maximum Gasteiger partial charge on any atom is 0.118 e. The van der Waals surface area contributed by atoms with Gasteiger partial charge in [-0.05, 0) is 73.0 Å². The Balaban J connectivity index is 1.51. The molecule has 33 heavy (non-hydrogen) atoms. The Kier molecular flexibility index (Phi) is 5.74. The predicted molar refractivity (Wildman–Crippen MR) is 130 cm³/mol. The molecule has 0 spiro atoms. The van der Waals surface area contributed by atoms with E-state index in [0.29, 0.717) is 36.4 Å². The number of benzene rings is 1. The van der Waals surface area contributed by atoms with E-state index in [1.54, 1.807) is 7.11 Å². The third kappa shape index (κ3) is 3.86. The molecule has 0 bridgehead atoms. The maximum absolute atomic E-state index is 6.99. The van der Waals surface area contributed by atoms with Gasteiger partial charge >= 0.3 is 0 Å². The molecular weight excluding hydrogens is 412 g/mol. The molecule has 4 nitrogen and oxygen atoms in total. The normalized spacial score (nSPS) is 45.4. The lowest BCUT2D eigenvalue weighted by Crippen LogP contribution is -2.47. The molecule has 0 amide bonds. The fourth-order valence-electron chi connectivity index (χ4n) is 7.83. The van der Waals surface area contributed by atoms with Crippen molar-refractivity contribution < 1.29 is 18.9 Å². The Morgan fingerprint density at radius 2 is 1.70 bits per heavy atom. The summed E-state index contributed by atoms with van der Waals surface area (Å²) in [7, 11) is 3.60. The molecule has 9 atom stereocenters. The lowest BCUT2D eigenvalue weighted by atomic mass is 9.62. The van der Waals surface area contributed by atoms with Crippen molar-refractivity contribution in [1.82, 2.24) is 0 Å². The largest absolute Gasteiger partial charge is 0.497 e. The van der Waals surface area contributed by atoms with Gasteiger partial charge in [0.05, 0.1) is 37.6 Å². The Bertz CT molecular complexity index is 891. The van der Waals surface area contributed by atoms with Crippen molar-refractivity contribution >= 4 is 0 Å². The topological polar surface area (TPSA) is 40.2 Å². The lowest BCUT2D eigenvalue weighted by molar-refractivity contribution is -0.106. The highest BCUT2D eigenvalue weighted by molar-refractivity contribution is 5.27. The average Bonchev–Trinajstić information content (AvgIpc) is 3.22. The van der Waals surface area contributed by atoms with E-state index < -0.39 is 0 Å². The highest BCUT2D eigenvalue weighted by atomic mass is 16.6. The summed E-state index contributed by atoms with van der Waals surface area (Å²) >= 11 is 0. The molecule has 3 aliphatic carbocycles. The van der Waals surface area contributed by atoms with Gasteiger partial charge in [-0.15, -0.1) is 0 Å². The van der Waals surface area contributed by atoms with Crippen LogP contribution in [0.2, 0.25) is 0 Å². The van der Waals surface area contributed by atoms with E-state index in [2.05, 4.69) is 58.9 Å². The van der Waals surface area contributed by atoms with Gasteiger partial charge in [0.25, 0.3) is 0 Å². The molecule has 0 N–H and O–H groups in total. The Labute approximate surface area is 200 Å². The fourth-order valence-corrected chi connectivity index (χ4v) is 7.83. The summed E-state index contributed by atoms with van der Waals surface area (Å²) in [6.45, 7) is 12.5. The zero-order chi connectivity index (χ0) is 23.6. The van der Waals surface area contributed by atoms with Crippen molar-refractivity contribution in [3.8, 4) is 5.75 Å². The minimum absolute atomic E-state index is 0.0196. The van der Waals surface area contributed by atoms with Gasteiger partial charge in [-0.2, -0.15) is 0 Å². The number of ether oxygens (including phenoxy) is 4. The first kappa shape index (κ1) is 23.4. The van der Waals surface area contributed by atoms with E-state index in [-0.39, 0.29) is 28.6 Å². The third-order valence-electron chi connectivity index (χ3n) is 9.69. The van der Waals surface area contributed by atoms with Gasteiger partial charge < -0.3 is 18.9 Å². The van der Waals surface area contributed by atoms with Gasteiger partial charge in [-0.25, -0.2) is 0 Å². The van der Waals surface area contributed by atoms with E-state index in [1.165, 1.54) is 5.56 Å². The summed E-state index contributed by atoms with van der Waals surface area (Å²) in [5, 5.41) is 0. The first-order valence-electron chi connectivity index (χ1n) is 12.8. The maximum atomic E-state index is 6.99. The van der Waals surface area contributed by atoms with Gasteiger partial charge in [0.2, 0.25) is 0 Å². The number of rotatable bonds is 5. The zero-order valence-electron chi connectivity index (χ0n) is 21.5. The quantitative estimate of drug-likeness (QED) is 0.402. The van der Waals surface area contributed by atoms with Crippen molar-refractivity contribution in [3.05, 3.63) is 42.0 Å². The molecule has 1 aromatic rings. The highest BCUT2D eigenvalue weighted by Crippen LogP contribution is 2.63. The minimum Gasteiger partial charge on any atom is -0.497 e. The van der Waals surface area contributed by atoms with Crippen molar-refractivity contribution in [2.24, 2.45) is 34.5 Å². The summed E-state index contributed by atoms with van der Waals surface area (Å²) in [5.74, 6) is 2.81. The number of methoxy groups -OCH3 is 2. The van der Waals surface area contributed by atoms with Crippen molar-refractivity contribution in [3.63, 3.8) is 0 Å². The van der Waals surface area contributed by atoms with Crippen molar-refractivity contribution in [2.45, 2.75) is 84.4 Å². The monoisotopic (exact) mass is 454 g/mol. The van der Waals surface area contributed by atoms with Crippen LogP contribution in [0.4, 0.5) is 0 Å². The molecule has 4 heteroatoms. The van der Waals surface area contributed by atoms with Crippen LogP contribution in [-0.2, 0) is 20.8 Å². The zero-order valence-corrected chi connectivity index (χ0v) is 21.5. The molecule has 2 saturated carbocycles. The Morgan fingerprint density at radius 3 is 2.36 bits per heavy atom. The minimum atomic E-state index is -0.0293. The summed E-state index contributed by atoms with van der Waals surface area (Å²) in [6, 6.07) is 8.30. The van der Waals surface area contributed by atoms with E-state index in [9.17, 15) is 0 Å². The van der Waals surface area contributed by atoms with Crippen LogP contribution in [0.15, 0.2) is 36.4 Å². The second kappa shape index (κ2) is 8.10. The smallest absolute Gasteiger partial charge is 0.118 e. The van der Waals surface area contributed by atoms with E-state index >= 15 is 0 Å². The van der Waals surface area contributed by atoms with Gasteiger partial charge in [0.1, 0.15) is 5.75 Å². The number of epoxide rings is 1. The molecule has 1 aliphatic heterocycles. The SMILES string of the molecule is COc1ccc(CO[C@H]2[C@H]3C[C@@H](C)[C@H](OC)[C@H]3C[C@]3(C)O[C@@H]3C[C@H]3C(C)(C)C=C[C@@]23C)cc1. The number of allylic oxidation sites excluding steroid dienone is 1. The van der Waals surface area contributed by atoms with Gasteiger partial charge in [0.15, 0.2) is 0 Å². The summed E-state index contributed by atoms with van der Waals surface area (Å²) in [5.41, 5.74) is 1.28.